The van der Waals surface area contributed by atoms with Crippen LogP contribution in [0.3, 0.4) is 0 Å². The monoisotopic (exact) mass is 250 g/mol. The third-order valence-corrected chi connectivity index (χ3v) is 5.67. The van der Waals surface area contributed by atoms with Crippen molar-refractivity contribution in [3.8, 4) is 0 Å². The first-order valence-electron chi connectivity index (χ1n) is 5.40. The molecule has 0 fully saturated rings. The Balaban J connectivity index is 3.42. The van der Waals surface area contributed by atoms with Gasteiger partial charge in [-0.25, -0.2) is 0 Å². The Hall–Kier alpha value is 0.463. The fourth-order valence-corrected chi connectivity index (χ4v) is 3.81. The van der Waals surface area contributed by atoms with Crippen LogP contribution in [0.4, 0.5) is 0 Å². The molecule has 3 heteroatoms. The van der Waals surface area contributed by atoms with E-state index < -0.39 is 13.9 Å². The third-order valence-electron chi connectivity index (χ3n) is 1.90. The molecule has 0 atom stereocenters. The Labute approximate surface area is 86.0 Å². The van der Waals surface area contributed by atoms with Crippen LogP contribution in [0.2, 0.25) is 11.5 Å². The molecule has 0 bridgehead atoms. The normalized spacial score (nSPS) is 12.0. The van der Waals surface area contributed by atoms with Crippen molar-refractivity contribution in [3.63, 3.8) is 0 Å². The topological polar surface area (TPSA) is 18.5 Å². The molecule has 0 heterocycles. The second kappa shape index (κ2) is 7.83. The summed E-state index contributed by atoms with van der Waals surface area (Å²) in [7, 11) is 0. The minimum absolute atomic E-state index is 0.885. The van der Waals surface area contributed by atoms with Crippen LogP contribution in [0.1, 0.15) is 39.5 Å². The summed E-state index contributed by atoms with van der Waals surface area (Å²) in [6, 6.07) is 0. The molecule has 2 nitrogen and oxygen atoms in total. The van der Waals surface area contributed by atoms with Gasteiger partial charge in [0.2, 0.25) is 0 Å². The molecule has 0 aromatic rings. The first-order chi connectivity index (χ1) is 6.12. The van der Waals surface area contributed by atoms with Gasteiger partial charge in [0.25, 0.3) is 0 Å². The molecule has 80 valence electrons. The molecular formula is C10H24GeO2. The van der Waals surface area contributed by atoms with E-state index in [9.17, 15) is 0 Å². The summed E-state index contributed by atoms with van der Waals surface area (Å²) >= 11 is -2.26. The van der Waals surface area contributed by atoms with Crippen LogP contribution in [0.5, 0.6) is 0 Å². The van der Waals surface area contributed by atoms with Gasteiger partial charge >= 0.3 is 85.7 Å². The van der Waals surface area contributed by atoms with Crippen LogP contribution in [0, 0.1) is 0 Å². The Morgan fingerprint density at radius 2 is 1.23 bits per heavy atom. The minimum atomic E-state index is -2.26. The van der Waals surface area contributed by atoms with Gasteiger partial charge in [0, 0.05) is 0 Å². The van der Waals surface area contributed by atoms with Gasteiger partial charge < -0.3 is 0 Å². The fourth-order valence-electron chi connectivity index (χ4n) is 0.966. The van der Waals surface area contributed by atoms with E-state index in [0.717, 1.165) is 26.1 Å². The molecule has 0 saturated heterocycles. The third kappa shape index (κ3) is 8.78. The van der Waals surface area contributed by atoms with Crippen LogP contribution >= 0.6 is 0 Å². The number of hydrogen-bond donors (Lipinski definition) is 0. The van der Waals surface area contributed by atoms with Crippen LogP contribution in [0.25, 0.3) is 0 Å². The zero-order valence-electron chi connectivity index (χ0n) is 9.56. The molecule has 13 heavy (non-hydrogen) atoms. The summed E-state index contributed by atoms with van der Waals surface area (Å²) in [5.74, 6) is 4.34. The molecule has 0 aliphatic heterocycles. The van der Waals surface area contributed by atoms with Gasteiger partial charge in [0.1, 0.15) is 0 Å². The molecular weight excluding hydrogens is 225 g/mol. The van der Waals surface area contributed by atoms with E-state index in [4.69, 9.17) is 7.53 Å². The Bertz CT molecular complexity index is 103. The molecule has 0 aromatic heterocycles. The van der Waals surface area contributed by atoms with Crippen molar-refractivity contribution in [3.05, 3.63) is 0 Å². The van der Waals surface area contributed by atoms with E-state index >= 15 is 0 Å². The van der Waals surface area contributed by atoms with Crippen LogP contribution in [-0.4, -0.2) is 27.2 Å². The van der Waals surface area contributed by atoms with E-state index in [2.05, 4.69) is 25.4 Å². The fraction of sp³-hybridized carbons (Fsp3) is 1.00. The number of rotatable bonds is 8. The number of unbranched alkanes of at least 4 members (excludes halogenated alkanes) is 2. The van der Waals surface area contributed by atoms with Crippen molar-refractivity contribution in [2.75, 3.05) is 13.2 Å². The summed E-state index contributed by atoms with van der Waals surface area (Å²) in [5.41, 5.74) is 0. The predicted octanol–water partition coefficient (Wildman–Crippen LogP) is 3.32. The van der Waals surface area contributed by atoms with Crippen molar-refractivity contribution in [2.24, 2.45) is 0 Å². The summed E-state index contributed by atoms with van der Waals surface area (Å²) in [4.78, 5) is 0. The van der Waals surface area contributed by atoms with Gasteiger partial charge in [-0.15, -0.1) is 0 Å². The average Bonchev–Trinajstić information content (AvgIpc) is 2.05. The van der Waals surface area contributed by atoms with E-state index in [1.54, 1.807) is 0 Å². The molecule has 0 saturated carbocycles. The molecule has 0 amide bonds. The van der Waals surface area contributed by atoms with Crippen LogP contribution < -0.4 is 0 Å². The average molecular weight is 249 g/mol. The van der Waals surface area contributed by atoms with E-state index in [1.807, 2.05) is 0 Å². The molecule has 0 radical (unpaired) electrons. The van der Waals surface area contributed by atoms with E-state index in [1.165, 1.54) is 12.8 Å². The first kappa shape index (κ1) is 13.5. The summed E-state index contributed by atoms with van der Waals surface area (Å²) in [5, 5.41) is 0. The quantitative estimate of drug-likeness (QED) is 0.485. The molecule has 0 rings (SSSR count). The van der Waals surface area contributed by atoms with E-state index in [0.29, 0.717) is 0 Å². The predicted molar refractivity (Wildman–Crippen MR) is 59.2 cm³/mol. The van der Waals surface area contributed by atoms with Crippen LogP contribution in [-0.2, 0) is 7.53 Å². The summed E-state index contributed by atoms with van der Waals surface area (Å²) < 4.78 is 11.6. The van der Waals surface area contributed by atoms with Crippen molar-refractivity contribution < 1.29 is 7.53 Å². The Kier molecular flexibility index (Phi) is 8.11. The summed E-state index contributed by atoms with van der Waals surface area (Å²) in [6.07, 6.45) is 4.72. The Morgan fingerprint density at radius 1 is 0.846 bits per heavy atom. The molecule has 0 aliphatic carbocycles. The first-order valence-corrected chi connectivity index (χ1v) is 11.3. The van der Waals surface area contributed by atoms with Gasteiger partial charge in [0.05, 0.1) is 0 Å². The standard InChI is InChI=1S/C10H24GeO2/c1-5-7-9-12-11(3,4)13-10-8-6-2/h5-10H2,1-4H3. The van der Waals surface area contributed by atoms with Gasteiger partial charge in [0.15, 0.2) is 0 Å². The summed E-state index contributed by atoms with van der Waals surface area (Å²) in [6.45, 7) is 6.13. The van der Waals surface area contributed by atoms with Crippen molar-refractivity contribution in [1.82, 2.24) is 0 Å². The molecule has 0 aromatic carbocycles. The van der Waals surface area contributed by atoms with Gasteiger partial charge in [-0.3, -0.25) is 0 Å². The van der Waals surface area contributed by atoms with Crippen LogP contribution in [0.15, 0.2) is 0 Å². The van der Waals surface area contributed by atoms with E-state index in [-0.39, 0.29) is 0 Å². The SMILES string of the molecule is CCCC[O][Ge]([CH3])([CH3])[O]CCCC. The van der Waals surface area contributed by atoms with Gasteiger partial charge in [-0.05, 0) is 0 Å². The maximum absolute atomic E-state index is 5.78. The maximum atomic E-state index is 5.78. The molecule has 0 spiro atoms. The molecule has 0 aliphatic rings. The van der Waals surface area contributed by atoms with Gasteiger partial charge in [-0.1, -0.05) is 0 Å². The van der Waals surface area contributed by atoms with Gasteiger partial charge in [-0.2, -0.15) is 0 Å². The number of hydrogen-bond acceptors (Lipinski definition) is 2. The second-order valence-corrected chi connectivity index (χ2v) is 10.9. The zero-order valence-corrected chi connectivity index (χ0v) is 11.7. The van der Waals surface area contributed by atoms with Crippen molar-refractivity contribution in [1.29, 1.82) is 0 Å². The van der Waals surface area contributed by atoms with Crippen molar-refractivity contribution >= 4 is 13.9 Å². The molecule has 0 unspecified atom stereocenters. The van der Waals surface area contributed by atoms with Crippen molar-refractivity contribution in [2.45, 2.75) is 51.0 Å². The zero-order chi connectivity index (χ0) is 10.2. The second-order valence-electron chi connectivity index (χ2n) is 3.80. The molecule has 0 N–H and O–H groups in total. The Morgan fingerprint density at radius 3 is 1.54 bits per heavy atom.